The summed E-state index contributed by atoms with van der Waals surface area (Å²) in [5.41, 5.74) is 0. The number of carbonyl (C=O) groups excluding carboxylic acids is 1. The molecule has 0 saturated carbocycles. The summed E-state index contributed by atoms with van der Waals surface area (Å²) in [7, 11) is 0. The van der Waals surface area contributed by atoms with Crippen LogP contribution in [0.2, 0.25) is 5.02 Å². The lowest BCUT2D eigenvalue weighted by atomic mass is 10.1. The molecule has 0 unspecified atom stereocenters. The molecule has 3 nitrogen and oxygen atoms in total. The van der Waals surface area contributed by atoms with E-state index in [4.69, 9.17) is 21.1 Å². The minimum absolute atomic E-state index is 0.162. The van der Waals surface area contributed by atoms with Gasteiger partial charge in [-0.25, -0.2) is 4.79 Å². The Bertz CT molecular complexity index is 814. The van der Waals surface area contributed by atoms with E-state index in [0.29, 0.717) is 16.5 Å². The van der Waals surface area contributed by atoms with Crippen LogP contribution in [0.25, 0.3) is 10.8 Å². The Morgan fingerprint density at radius 2 is 1.68 bits per heavy atom. The molecule has 0 spiro atoms. The molecular formula is C18H13ClO3. The Morgan fingerprint density at radius 3 is 2.50 bits per heavy atom. The van der Waals surface area contributed by atoms with Crippen LogP contribution in [-0.4, -0.2) is 12.6 Å². The van der Waals surface area contributed by atoms with Crippen molar-refractivity contribution in [2.24, 2.45) is 0 Å². The summed E-state index contributed by atoms with van der Waals surface area (Å²) < 4.78 is 10.6. The Labute approximate surface area is 133 Å². The molecule has 0 aliphatic heterocycles. The third-order valence-electron chi connectivity index (χ3n) is 3.11. The molecular weight excluding hydrogens is 300 g/mol. The summed E-state index contributed by atoms with van der Waals surface area (Å²) >= 11 is 5.83. The Hall–Kier alpha value is -2.52. The lowest BCUT2D eigenvalue weighted by molar-refractivity contribution is -0.136. The number of halogens is 1. The first-order valence-electron chi connectivity index (χ1n) is 6.78. The van der Waals surface area contributed by atoms with Crippen molar-refractivity contribution in [3.8, 4) is 11.5 Å². The van der Waals surface area contributed by atoms with Gasteiger partial charge in [-0.1, -0.05) is 48.0 Å². The molecule has 0 aliphatic rings. The van der Waals surface area contributed by atoms with Crippen LogP contribution in [0.3, 0.4) is 0 Å². The molecule has 0 atom stereocenters. The van der Waals surface area contributed by atoms with E-state index in [0.717, 1.165) is 10.8 Å². The van der Waals surface area contributed by atoms with Gasteiger partial charge in [0.25, 0.3) is 0 Å². The maximum atomic E-state index is 11.8. The molecule has 0 heterocycles. The van der Waals surface area contributed by atoms with Gasteiger partial charge in [0, 0.05) is 5.02 Å². The van der Waals surface area contributed by atoms with Gasteiger partial charge in [-0.3, -0.25) is 0 Å². The fraction of sp³-hybridized carbons (Fsp3) is 0.0556. The lowest BCUT2D eigenvalue weighted by Gasteiger charge is -2.08. The Morgan fingerprint density at radius 1 is 0.864 bits per heavy atom. The molecule has 0 amide bonds. The molecule has 0 aromatic heterocycles. The number of benzene rings is 3. The third kappa shape index (κ3) is 3.57. The number of hydrogen-bond acceptors (Lipinski definition) is 3. The van der Waals surface area contributed by atoms with Crippen LogP contribution < -0.4 is 9.47 Å². The highest BCUT2D eigenvalue weighted by Gasteiger charge is 2.07. The molecule has 3 rings (SSSR count). The van der Waals surface area contributed by atoms with Gasteiger partial charge in [-0.15, -0.1) is 0 Å². The van der Waals surface area contributed by atoms with Crippen LogP contribution in [0, 0.1) is 0 Å². The predicted molar refractivity (Wildman–Crippen MR) is 86.5 cm³/mol. The van der Waals surface area contributed by atoms with Crippen LogP contribution in [0.5, 0.6) is 11.5 Å². The molecule has 0 aliphatic carbocycles. The predicted octanol–water partition coefficient (Wildman–Crippen LogP) is 4.48. The number of carbonyl (C=O) groups is 1. The van der Waals surface area contributed by atoms with Gasteiger partial charge in [-0.2, -0.15) is 0 Å². The van der Waals surface area contributed by atoms with Crippen molar-refractivity contribution >= 4 is 28.3 Å². The van der Waals surface area contributed by atoms with Crippen molar-refractivity contribution < 1.29 is 14.3 Å². The van der Waals surface area contributed by atoms with Gasteiger partial charge >= 0.3 is 5.97 Å². The van der Waals surface area contributed by atoms with Crippen molar-refractivity contribution in [1.82, 2.24) is 0 Å². The fourth-order valence-corrected chi connectivity index (χ4v) is 2.27. The van der Waals surface area contributed by atoms with Crippen molar-refractivity contribution in [1.29, 1.82) is 0 Å². The maximum Gasteiger partial charge on any atom is 0.349 e. The quantitative estimate of drug-likeness (QED) is 0.526. The number of fused-ring (bicyclic) bond motifs is 1. The summed E-state index contributed by atoms with van der Waals surface area (Å²) in [6.07, 6.45) is 0. The van der Waals surface area contributed by atoms with E-state index in [1.165, 1.54) is 0 Å². The molecule has 0 radical (unpaired) electrons. The van der Waals surface area contributed by atoms with E-state index in [9.17, 15) is 4.79 Å². The van der Waals surface area contributed by atoms with Crippen LogP contribution >= 0.6 is 11.6 Å². The Balaban J connectivity index is 1.62. The zero-order valence-electron chi connectivity index (χ0n) is 11.7. The number of esters is 1. The average Bonchev–Trinajstić information content (AvgIpc) is 2.53. The van der Waals surface area contributed by atoms with Gasteiger partial charge in [-0.05, 0) is 41.1 Å². The molecule has 22 heavy (non-hydrogen) atoms. The first-order chi connectivity index (χ1) is 10.7. The molecule has 0 bridgehead atoms. The number of hydrogen-bond donors (Lipinski definition) is 0. The van der Waals surface area contributed by atoms with Crippen molar-refractivity contribution in [3.63, 3.8) is 0 Å². The second-order valence-corrected chi connectivity index (χ2v) is 5.17. The van der Waals surface area contributed by atoms with Gasteiger partial charge in [0.05, 0.1) is 0 Å². The summed E-state index contributed by atoms with van der Waals surface area (Å²) in [5, 5.41) is 2.69. The molecule has 4 heteroatoms. The number of ether oxygens (including phenoxy) is 2. The molecule has 0 saturated heterocycles. The SMILES string of the molecule is O=C(COc1ccc2ccccc2c1)Oc1cccc(Cl)c1. The van der Waals surface area contributed by atoms with Crippen LogP contribution in [-0.2, 0) is 4.79 Å². The number of rotatable bonds is 4. The summed E-state index contributed by atoms with van der Waals surface area (Å²) in [5.74, 6) is 0.553. The zero-order valence-corrected chi connectivity index (χ0v) is 12.4. The monoisotopic (exact) mass is 312 g/mol. The highest BCUT2D eigenvalue weighted by Crippen LogP contribution is 2.21. The normalized spacial score (nSPS) is 10.4. The first kappa shape index (κ1) is 14.4. The molecule has 3 aromatic rings. The average molecular weight is 313 g/mol. The van der Waals surface area contributed by atoms with Crippen LogP contribution in [0.1, 0.15) is 0 Å². The van der Waals surface area contributed by atoms with Gasteiger partial charge < -0.3 is 9.47 Å². The minimum atomic E-state index is -0.476. The van der Waals surface area contributed by atoms with Crippen LogP contribution in [0.4, 0.5) is 0 Å². The summed E-state index contributed by atoms with van der Waals surface area (Å²) in [6, 6.07) is 20.3. The van der Waals surface area contributed by atoms with E-state index in [2.05, 4.69) is 0 Å². The van der Waals surface area contributed by atoms with E-state index in [1.807, 2.05) is 42.5 Å². The van der Waals surface area contributed by atoms with Gasteiger partial charge in [0.2, 0.25) is 0 Å². The second-order valence-electron chi connectivity index (χ2n) is 4.73. The van der Waals surface area contributed by atoms with Crippen molar-refractivity contribution in [3.05, 3.63) is 71.8 Å². The zero-order chi connectivity index (χ0) is 15.4. The largest absolute Gasteiger partial charge is 0.482 e. The smallest absolute Gasteiger partial charge is 0.349 e. The lowest BCUT2D eigenvalue weighted by Crippen LogP contribution is -2.17. The maximum absolute atomic E-state index is 11.8. The van der Waals surface area contributed by atoms with E-state index >= 15 is 0 Å². The summed E-state index contributed by atoms with van der Waals surface area (Å²) in [6.45, 7) is -0.162. The molecule has 3 aromatic carbocycles. The fourth-order valence-electron chi connectivity index (χ4n) is 2.09. The van der Waals surface area contributed by atoms with Crippen molar-refractivity contribution in [2.45, 2.75) is 0 Å². The standard InChI is InChI=1S/C18H13ClO3/c19-15-6-3-7-17(11-15)22-18(20)12-21-16-9-8-13-4-1-2-5-14(13)10-16/h1-11H,12H2. The highest BCUT2D eigenvalue weighted by molar-refractivity contribution is 6.30. The van der Waals surface area contributed by atoms with Gasteiger partial charge in [0.15, 0.2) is 6.61 Å². The molecule has 110 valence electrons. The second kappa shape index (κ2) is 6.50. The van der Waals surface area contributed by atoms with Crippen LogP contribution in [0.15, 0.2) is 66.7 Å². The highest BCUT2D eigenvalue weighted by atomic mass is 35.5. The van der Waals surface area contributed by atoms with Crippen molar-refractivity contribution in [2.75, 3.05) is 6.61 Å². The third-order valence-corrected chi connectivity index (χ3v) is 3.34. The topological polar surface area (TPSA) is 35.5 Å². The summed E-state index contributed by atoms with van der Waals surface area (Å²) in [4.78, 5) is 11.8. The van der Waals surface area contributed by atoms with E-state index in [1.54, 1.807) is 24.3 Å². The molecule has 0 fully saturated rings. The first-order valence-corrected chi connectivity index (χ1v) is 7.16. The minimum Gasteiger partial charge on any atom is -0.482 e. The Kier molecular flexibility index (Phi) is 4.26. The van der Waals surface area contributed by atoms with E-state index in [-0.39, 0.29) is 6.61 Å². The van der Waals surface area contributed by atoms with Gasteiger partial charge in [0.1, 0.15) is 11.5 Å². The van der Waals surface area contributed by atoms with E-state index < -0.39 is 5.97 Å². The molecule has 0 N–H and O–H groups in total.